The van der Waals surface area contributed by atoms with Crippen LogP contribution in [0.2, 0.25) is 0 Å². The molecule has 5 heteroatoms. The zero-order valence-corrected chi connectivity index (χ0v) is 14.0. The largest absolute Gasteiger partial charge is 0.422 e. The minimum atomic E-state index is -0.626. The minimum Gasteiger partial charge on any atom is -0.422 e. The number of carbonyl (C=O) groups excluding carboxylic acids is 1. The lowest BCUT2D eigenvalue weighted by molar-refractivity contribution is 0.0985. The van der Waals surface area contributed by atoms with Gasteiger partial charge in [0.2, 0.25) is 0 Å². The number of anilines is 1. The van der Waals surface area contributed by atoms with Gasteiger partial charge in [0.05, 0.1) is 0 Å². The summed E-state index contributed by atoms with van der Waals surface area (Å²) < 4.78 is 6.13. The van der Waals surface area contributed by atoms with Crippen LogP contribution in [-0.2, 0) is 0 Å². The molecule has 0 aliphatic heterocycles. The van der Waals surface area contributed by atoms with Crippen molar-refractivity contribution in [3.05, 3.63) is 75.1 Å². The van der Waals surface area contributed by atoms with Gasteiger partial charge in [-0.25, -0.2) is 4.79 Å². The lowest BCUT2D eigenvalue weighted by Crippen LogP contribution is -2.33. The van der Waals surface area contributed by atoms with Gasteiger partial charge in [-0.05, 0) is 43.3 Å². The Kier molecular flexibility index (Phi) is 4.30. The maximum absolute atomic E-state index is 12.8. The van der Waals surface area contributed by atoms with Crippen LogP contribution in [0.5, 0.6) is 0 Å². The molecule has 1 amide bonds. The normalized spacial score (nSPS) is 10.7. The van der Waals surface area contributed by atoms with Gasteiger partial charge in [0.25, 0.3) is 5.91 Å². The number of halogens is 1. The lowest BCUT2D eigenvalue weighted by atomic mass is 10.1. The molecule has 0 atom stereocenters. The van der Waals surface area contributed by atoms with E-state index in [1.807, 2.05) is 43.3 Å². The second-order valence-corrected chi connectivity index (χ2v) is 5.93. The van der Waals surface area contributed by atoms with Crippen LogP contribution in [0.1, 0.15) is 17.3 Å². The highest BCUT2D eigenvalue weighted by molar-refractivity contribution is 9.10. The third-order valence-electron chi connectivity index (χ3n) is 3.55. The molecule has 3 aromatic rings. The molecule has 0 bridgehead atoms. The van der Waals surface area contributed by atoms with Crippen LogP contribution >= 0.6 is 15.9 Å². The Labute approximate surface area is 141 Å². The maximum Gasteiger partial charge on any atom is 0.349 e. The Morgan fingerprint density at radius 1 is 1.13 bits per heavy atom. The SMILES string of the molecule is CCN(C(=O)c1cc2cc(Br)ccc2oc1=O)c1ccccc1. The molecule has 0 radical (unpaired) electrons. The monoisotopic (exact) mass is 371 g/mol. The Morgan fingerprint density at radius 3 is 2.57 bits per heavy atom. The molecule has 2 aromatic carbocycles. The van der Waals surface area contributed by atoms with Crippen LogP contribution in [0.4, 0.5) is 5.69 Å². The topological polar surface area (TPSA) is 50.5 Å². The van der Waals surface area contributed by atoms with E-state index in [0.29, 0.717) is 17.5 Å². The molecule has 0 aliphatic carbocycles. The van der Waals surface area contributed by atoms with E-state index in [2.05, 4.69) is 15.9 Å². The molecule has 0 spiro atoms. The summed E-state index contributed by atoms with van der Waals surface area (Å²) in [4.78, 5) is 26.5. The first-order valence-electron chi connectivity index (χ1n) is 7.20. The third-order valence-corrected chi connectivity index (χ3v) is 4.05. The van der Waals surface area contributed by atoms with Crippen LogP contribution in [0.15, 0.2) is 68.3 Å². The van der Waals surface area contributed by atoms with Crippen molar-refractivity contribution in [1.82, 2.24) is 0 Å². The molecule has 0 saturated carbocycles. The number of hydrogen-bond donors (Lipinski definition) is 0. The van der Waals surface area contributed by atoms with Crippen LogP contribution < -0.4 is 10.5 Å². The fraction of sp³-hybridized carbons (Fsp3) is 0.111. The van der Waals surface area contributed by atoms with Gasteiger partial charge in [0.1, 0.15) is 11.1 Å². The second-order valence-electron chi connectivity index (χ2n) is 5.01. The van der Waals surface area contributed by atoms with Crippen molar-refractivity contribution in [3.8, 4) is 0 Å². The number of nitrogens with zero attached hydrogens (tertiary/aromatic N) is 1. The zero-order valence-electron chi connectivity index (χ0n) is 12.5. The van der Waals surface area contributed by atoms with E-state index < -0.39 is 5.63 Å². The third kappa shape index (κ3) is 3.05. The summed E-state index contributed by atoms with van der Waals surface area (Å²) in [6.07, 6.45) is 0. The Morgan fingerprint density at radius 2 is 1.87 bits per heavy atom. The van der Waals surface area contributed by atoms with Crippen molar-refractivity contribution in [2.24, 2.45) is 0 Å². The molecular weight excluding hydrogens is 358 g/mol. The van der Waals surface area contributed by atoms with E-state index in [-0.39, 0.29) is 11.5 Å². The number of amides is 1. The summed E-state index contributed by atoms with van der Waals surface area (Å²) in [5.41, 5.74) is 0.603. The first kappa shape index (κ1) is 15.5. The van der Waals surface area contributed by atoms with Crippen LogP contribution in [0.3, 0.4) is 0 Å². The fourth-order valence-electron chi connectivity index (χ4n) is 2.44. The molecule has 23 heavy (non-hydrogen) atoms. The van der Waals surface area contributed by atoms with E-state index in [0.717, 1.165) is 10.2 Å². The highest BCUT2D eigenvalue weighted by Crippen LogP contribution is 2.21. The van der Waals surface area contributed by atoms with Gasteiger partial charge < -0.3 is 9.32 Å². The van der Waals surface area contributed by atoms with E-state index in [1.54, 1.807) is 23.1 Å². The molecule has 0 aliphatic rings. The van der Waals surface area contributed by atoms with E-state index in [1.165, 1.54) is 0 Å². The van der Waals surface area contributed by atoms with Gasteiger partial charge in [0.15, 0.2) is 0 Å². The van der Waals surface area contributed by atoms with Gasteiger partial charge >= 0.3 is 5.63 Å². The molecule has 0 unspecified atom stereocenters. The second kappa shape index (κ2) is 6.38. The van der Waals surface area contributed by atoms with Crippen LogP contribution in [0.25, 0.3) is 11.0 Å². The number of benzene rings is 2. The highest BCUT2D eigenvalue weighted by atomic mass is 79.9. The van der Waals surface area contributed by atoms with Gasteiger partial charge in [0, 0.05) is 22.1 Å². The predicted molar refractivity (Wildman–Crippen MR) is 94.0 cm³/mol. The number of hydrogen-bond acceptors (Lipinski definition) is 3. The first-order chi connectivity index (χ1) is 11.1. The van der Waals surface area contributed by atoms with Crippen molar-refractivity contribution >= 4 is 38.5 Å². The van der Waals surface area contributed by atoms with E-state index in [4.69, 9.17) is 4.42 Å². The summed E-state index contributed by atoms with van der Waals surface area (Å²) in [7, 11) is 0. The number of carbonyl (C=O) groups is 1. The molecule has 0 N–H and O–H groups in total. The smallest absolute Gasteiger partial charge is 0.349 e. The van der Waals surface area contributed by atoms with Gasteiger partial charge in [-0.2, -0.15) is 0 Å². The van der Waals surface area contributed by atoms with Gasteiger partial charge in [-0.1, -0.05) is 34.1 Å². The number of rotatable bonds is 3. The summed E-state index contributed by atoms with van der Waals surface area (Å²) in [5.74, 6) is -0.366. The van der Waals surface area contributed by atoms with Crippen molar-refractivity contribution in [3.63, 3.8) is 0 Å². The number of fused-ring (bicyclic) bond motifs is 1. The average molecular weight is 372 g/mol. The van der Waals surface area contributed by atoms with Gasteiger partial charge in [-0.15, -0.1) is 0 Å². The Bertz CT molecular complexity index is 918. The standard InChI is InChI=1S/C18H14BrNO3/c1-2-20(14-6-4-3-5-7-14)17(21)15-11-12-10-13(19)8-9-16(12)23-18(15)22/h3-11H,2H2,1H3. The average Bonchev–Trinajstić information content (AvgIpc) is 2.56. The maximum atomic E-state index is 12.8. The lowest BCUT2D eigenvalue weighted by Gasteiger charge is -2.20. The molecule has 116 valence electrons. The van der Waals surface area contributed by atoms with Gasteiger partial charge in [-0.3, -0.25) is 4.79 Å². The van der Waals surface area contributed by atoms with E-state index in [9.17, 15) is 9.59 Å². The summed E-state index contributed by atoms with van der Waals surface area (Å²) in [5, 5.41) is 0.700. The first-order valence-corrected chi connectivity index (χ1v) is 8.00. The summed E-state index contributed by atoms with van der Waals surface area (Å²) in [6, 6.07) is 16.1. The zero-order chi connectivity index (χ0) is 16.4. The molecular formula is C18H14BrNO3. The van der Waals surface area contributed by atoms with Crippen LogP contribution in [0, 0.1) is 0 Å². The predicted octanol–water partition coefficient (Wildman–Crippen LogP) is 4.22. The highest BCUT2D eigenvalue weighted by Gasteiger charge is 2.20. The number of para-hydroxylation sites is 1. The molecule has 3 rings (SSSR count). The Balaban J connectivity index is 2.09. The van der Waals surface area contributed by atoms with Crippen LogP contribution in [-0.4, -0.2) is 12.5 Å². The van der Waals surface area contributed by atoms with Crippen molar-refractivity contribution < 1.29 is 9.21 Å². The molecule has 0 saturated heterocycles. The molecule has 0 fully saturated rings. The van der Waals surface area contributed by atoms with E-state index >= 15 is 0 Å². The minimum absolute atomic E-state index is 0.0290. The fourth-order valence-corrected chi connectivity index (χ4v) is 2.82. The molecule has 4 nitrogen and oxygen atoms in total. The van der Waals surface area contributed by atoms with Crippen molar-refractivity contribution in [2.75, 3.05) is 11.4 Å². The van der Waals surface area contributed by atoms with Crippen molar-refractivity contribution in [2.45, 2.75) is 6.92 Å². The molecule has 1 aromatic heterocycles. The summed E-state index contributed by atoms with van der Waals surface area (Å²) >= 11 is 3.38. The quantitative estimate of drug-likeness (QED) is 0.647. The van der Waals surface area contributed by atoms with Crippen molar-refractivity contribution in [1.29, 1.82) is 0 Å². The summed E-state index contributed by atoms with van der Waals surface area (Å²) in [6.45, 7) is 2.32. The molecule has 1 heterocycles. The Hall–Kier alpha value is -2.40.